The molecule has 2 saturated heterocycles. The Hall–Kier alpha value is -1.57. The van der Waals surface area contributed by atoms with Crippen LogP contribution in [0.2, 0.25) is 0 Å². The summed E-state index contributed by atoms with van der Waals surface area (Å²) in [6, 6.07) is 6.75. The van der Waals surface area contributed by atoms with Crippen molar-refractivity contribution >= 4 is 37.2 Å². The van der Waals surface area contributed by atoms with Gasteiger partial charge in [-0.15, -0.1) is 11.3 Å². The van der Waals surface area contributed by atoms with Crippen molar-refractivity contribution < 1.29 is 26.7 Å². The molecule has 2 aliphatic heterocycles. The first-order valence-electron chi connectivity index (χ1n) is 9.90. The number of nitrogens with one attached hydrogen (secondary N) is 2. The molecule has 0 aliphatic carbocycles. The first-order chi connectivity index (χ1) is 14.3. The van der Waals surface area contributed by atoms with Crippen molar-refractivity contribution in [1.82, 2.24) is 8.61 Å². The number of quaternary nitrogens is 1. The number of hydrogen-bond acceptors (Lipinski definition) is 6. The van der Waals surface area contributed by atoms with E-state index >= 15 is 0 Å². The highest BCUT2D eigenvalue weighted by molar-refractivity contribution is 7.91. The molecule has 0 saturated carbocycles. The topological polar surface area (TPSA) is 96.6 Å². The van der Waals surface area contributed by atoms with E-state index in [0.717, 1.165) is 18.9 Å². The predicted octanol–water partition coefficient (Wildman–Crippen LogP) is -1.41. The Morgan fingerprint density at radius 1 is 0.900 bits per heavy atom. The van der Waals surface area contributed by atoms with Gasteiger partial charge in [0, 0.05) is 6.07 Å². The van der Waals surface area contributed by atoms with Gasteiger partial charge >= 0.3 is 0 Å². The SMILES string of the molecule is C[NH+]1CCN(S(=O)(=O)c2ccc(N3CCN(S(=O)(=O)c4cccs4)CC3)[nH+]c2)CC1. The molecule has 2 aromatic rings. The number of rotatable bonds is 5. The predicted molar refractivity (Wildman–Crippen MR) is 114 cm³/mol. The zero-order valence-corrected chi connectivity index (χ0v) is 19.3. The van der Waals surface area contributed by atoms with Gasteiger partial charge in [-0.25, -0.2) is 21.8 Å². The maximum Gasteiger partial charge on any atom is 0.274 e. The molecular formula is C18H27N5O4S3+2. The molecule has 2 N–H and O–H groups in total. The molecule has 2 aliphatic rings. The molecular weight excluding hydrogens is 446 g/mol. The summed E-state index contributed by atoms with van der Waals surface area (Å²) in [7, 11) is -4.87. The number of piperazine rings is 2. The van der Waals surface area contributed by atoms with Crippen molar-refractivity contribution in [3.05, 3.63) is 35.8 Å². The lowest BCUT2D eigenvalue weighted by Crippen LogP contribution is -3.12. The van der Waals surface area contributed by atoms with Crippen LogP contribution in [0.1, 0.15) is 0 Å². The molecule has 2 aromatic heterocycles. The number of H-pyrrole nitrogens is 1. The highest BCUT2D eigenvalue weighted by Crippen LogP contribution is 2.23. The van der Waals surface area contributed by atoms with Crippen molar-refractivity contribution in [1.29, 1.82) is 0 Å². The molecule has 0 bridgehead atoms. The number of aromatic nitrogens is 1. The number of nitrogens with zero attached hydrogens (tertiary/aromatic N) is 3. The Labute approximate surface area is 181 Å². The summed E-state index contributed by atoms with van der Waals surface area (Å²) < 4.78 is 54.4. The van der Waals surface area contributed by atoms with E-state index in [0.29, 0.717) is 43.5 Å². The molecule has 12 heteroatoms. The van der Waals surface area contributed by atoms with Crippen molar-refractivity contribution in [3.8, 4) is 0 Å². The molecule has 0 spiro atoms. The van der Waals surface area contributed by atoms with Crippen LogP contribution in [0, 0.1) is 0 Å². The minimum absolute atomic E-state index is 0.254. The summed E-state index contributed by atoms with van der Waals surface area (Å²) >= 11 is 1.22. The van der Waals surface area contributed by atoms with Gasteiger partial charge in [-0.05, 0) is 17.5 Å². The van der Waals surface area contributed by atoms with E-state index < -0.39 is 20.0 Å². The molecule has 0 unspecified atom stereocenters. The smallest absolute Gasteiger partial charge is 0.274 e. The third-order valence-corrected chi connectivity index (χ3v) is 10.8. The molecule has 0 atom stereocenters. The third-order valence-electron chi connectivity index (χ3n) is 5.65. The van der Waals surface area contributed by atoms with Crippen LogP contribution in [-0.4, -0.2) is 84.9 Å². The maximum atomic E-state index is 12.9. The molecule has 164 valence electrons. The number of aromatic amines is 1. The Morgan fingerprint density at radius 3 is 2.13 bits per heavy atom. The van der Waals surface area contributed by atoms with Gasteiger partial charge in [0.05, 0.1) is 59.4 Å². The second kappa shape index (κ2) is 8.52. The fourth-order valence-electron chi connectivity index (χ4n) is 3.72. The van der Waals surface area contributed by atoms with Crippen LogP contribution in [-0.2, 0) is 20.0 Å². The number of hydrogen-bond donors (Lipinski definition) is 1. The van der Waals surface area contributed by atoms with E-state index in [2.05, 4.69) is 12.0 Å². The molecule has 0 amide bonds. The van der Waals surface area contributed by atoms with Gasteiger partial charge in [0.2, 0.25) is 10.0 Å². The summed E-state index contributed by atoms with van der Waals surface area (Å²) in [5.74, 6) is 0.782. The van der Waals surface area contributed by atoms with Crippen LogP contribution in [0.15, 0.2) is 44.9 Å². The number of sulfonamides is 2. The highest BCUT2D eigenvalue weighted by atomic mass is 32.2. The largest absolute Gasteiger partial charge is 0.335 e. The summed E-state index contributed by atoms with van der Waals surface area (Å²) in [5.41, 5.74) is 0. The third kappa shape index (κ3) is 4.25. The molecule has 30 heavy (non-hydrogen) atoms. The second-order valence-corrected chi connectivity index (χ2v) is 12.6. The van der Waals surface area contributed by atoms with E-state index in [4.69, 9.17) is 0 Å². The summed E-state index contributed by atoms with van der Waals surface area (Å²) in [6.07, 6.45) is 1.53. The lowest BCUT2D eigenvalue weighted by atomic mass is 10.3. The minimum Gasteiger partial charge on any atom is -0.335 e. The van der Waals surface area contributed by atoms with Crippen LogP contribution >= 0.6 is 11.3 Å². The fraction of sp³-hybridized carbons (Fsp3) is 0.500. The minimum atomic E-state index is -3.50. The first-order valence-corrected chi connectivity index (χ1v) is 13.7. The number of likely N-dealkylation sites (N-methyl/N-ethyl adjacent to an activating group) is 1. The lowest BCUT2D eigenvalue weighted by Gasteiger charge is -2.30. The molecule has 0 aromatic carbocycles. The second-order valence-electron chi connectivity index (χ2n) is 7.59. The monoisotopic (exact) mass is 473 g/mol. The fourth-order valence-corrected chi connectivity index (χ4v) is 7.70. The van der Waals surface area contributed by atoms with E-state index in [-0.39, 0.29) is 4.90 Å². The highest BCUT2D eigenvalue weighted by Gasteiger charge is 2.33. The summed E-state index contributed by atoms with van der Waals surface area (Å²) in [4.78, 5) is 6.72. The number of pyridine rings is 1. The quantitative estimate of drug-likeness (QED) is 0.576. The zero-order chi connectivity index (χ0) is 21.4. The summed E-state index contributed by atoms with van der Waals surface area (Å²) in [5, 5.41) is 1.76. The van der Waals surface area contributed by atoms with E-state index in [1.807, 2.05) is 4.90 Å². The molecule has 4 rings (SSSR count). The van der Waals surface area contributed by atoms with E-state index in [1.54, 1.807) is 29.6 Å². The van der Waals surface area contributed by atoms with Crippen LogP contribution in [0.4, 0.5) is 5.82 Å². The van der Waals surface area contributed by atoms with Crippen LogP contribution in [0.5, 0.6) is 0 Å². The van der Waals surface area contributed by atoms with Gasteiger partial charge in [0.1, 0.15) is 15.3 Å². The van der Waals surface area contributed by atoms with Gasteiger partial charge in [-0.3, -0.25) is 4.90 Å². The van der Waals surface area contributed by atoms with Gasteiger partial charge < -0.3 is 4.90 Å². The average molecular weight is 474 g/mol. The lowest BCUT2D eigenvalue weighted by molar-refractivity contribution is -0.883. The van der Waals surface area contributed by atoms with Crippen molar-refractivity contribution in [2.45, 2.75) is 9.10 Å². The normalized spacial score (nSPS) is 20.5. The van der Waals surface area contributed by atoms with Crippen molar-refractivity contribution in [2.24, 2.45) is 0 Å². The molecule has 4 heterocycles. The molecule has 9 nitrogen and oxygen atoms in total. The standard InChI is InChI=1S/C18H25N5O4S3/c1-20-6-10-22(11-7-20)29(24,25)16-4-5-17(19-15-16)21-8-12-23(13-9-21)30(26,27)18-3-2-14-28-18/h2-5,14-15H,6-13H2,1H3/p+2. The Bertz CT molecular complexity index is 1060. The Balaban J connectivity index is 1.41. The Kier molecular flexibility index (Phi) is 6.15. The summed E-state index contributed by atoms with van der Waals surface area (Å²) in [6.45, 7) is 4.50. The van der Waals surface area contributed by atoms with Crippen LogP contribution in [0.3, 0.4) is 0 Å². The van der Waals surface area contributed by atoms with Gasteiger partial charge in [-0.2, -0.15) is 8.61 Å². The van der Waals surface area contributed by atoms with Crippen molar-refractivity contribution in [3.63, 3.8) is 0 Å². The van der Waals surface area contributed by atoms with E-state index in [1.165, 1.54) is 31.0 Å². The average Bonchev–Trinajstić information content (AvgIpc) is 3.30. The van der Waals surface area contributed by atoms with E-state index in [9.17, 15) is 16.8 Å². The van der Waals surface area contributed by atoms with Crippen LogP contribution in [0.25, 0.3) is 0 Å². The van der Waals surface area contributed by atoms with Crippen LogP contribution < -0.4 is 14.8 Å². The van der Waals surface area contributed by atoms with Crippen molar-refractivity contribution in [2.75, 3.05) is 64.3 Å². The molecule has 0 radical (unpaired) electrons. The first kappa shape index (κ1) is 21.7. The van der Waals surface area contributed by atoms with Gasteiger partial charge in [0.25, 0.3) is 15.8 Å². The Morgan fingerprint density at radius 2 is 1.57 bits per heavy atom. The maximum absolute atomic E-state index is 12.9. The van der Waals surface area contributed by atoms with Gasteiger partial charge in [-0.1, -0.05) is 6.07 Å². The van der Waals surface area contributed by atoms with Gasteiger partial charge in [0.15, 0.2) is 0 Å². The number of anilines is 1. The zero-order valence-electron chi connectivity index (χ0n) is 16.8. The number of thiophene rings is 1. The molecule has 2 fully saturated rings.